The van der Waals surface area contributed by atoms with Gasteiger partial charge in [-0.3, -0.25) is 0 Å². The van der Waals surface area contributed by atoms with E-state index in [2.05, 4.69) is 6.08 Å². The molecule has 2 rings (SSSR count). The van der Waals surface area contributed by atoms with Crippen molar-refractivity contribution in [2.24, 2.45) is 0 Å². The lowest BCUT2D eigenvalue weighted by atomic mass is 10.1. The molecule has 1 atom stereocenters. The summed E-state index contributed by atoms with van der Waals surface area (Å²) in [5.74, 6) is 0. The Balaban J connectivity index is 2.59. The first-order chi connectivity index (χ1) is 4.88. The Bertz CT molecular complexity index is 276. The standard InChI is InChI=1S/C9H6Cl/c10-9-6-5-7-3-1-2-4-8(7)9/h1-5,9H. The van der Waals surface area contributed by atoms with Gasteiger partial charge in [0.15, 0.2) is 0 Å². The Morgan fingerprint density at radius 1 is 1.30 bits per heavy atom. The molecule has 0 amide bonds. The molecule has 1 heteroatoms. The second-order valence-corrected chi connectivity index (χ2v) is 2.74. The van der Waals surface area contributed by atoms with Crippen molar-refractivity contribution in [3.63, 3.8) is 0 Å². The number of benzene rings is 1. The molecule has 0 aliphatic heterocycles. The zero-order valence-corrected chi connectivity index (χ0v) is 6.10. The number of allylic oxidation sites excluding steroid dienone is 1. The summed E-state index contributed by atoms with van der Waals surface area (Å²) < 4.78 is 0. The quantitative estimate of drug-likeness (QED) is 0.498. The van der Waals surface area contributed by atoms with Crippen LogP contribution in [0.15, 0.2) is 24.3 Å². The molecular weight excluding hydrogens is 144 g/mol. The molecule has 1 aliphatic rings. The van der Waals surface area contributed by atoms with Crippen LogP contribution in [0.5, 0.6) is 0 Å². The summed E-state index contributed by atoms with van der Waals surface area (Å²) in [6.45, 7) is 0. The van der Waals surface area contributed by atoms with Crippen LogP contribution in [0.2, 0.25) is 0 Å². The van der Waals surface area contributed by atoms with Gasteiger partial charge in [-0.25, -0.2) is 0 Å². The van der Waals surface area contributed by atoms with Crippen LogP contribution in [0.3, 0.4) is 0 Å². The van der Waals surface area contributed by atoms with Gasteiger partial charge in [-0.1, -0.05) is 24.3 Å². The fourth-order valence-electron chi connectivity index (χ4n) is 1.13. The topological polar surface area (TPSA) is 0 Å². The van der Waals surface area contributed by atoms with E-state index >= 15 is 0 Å². The summed E-state index contributed by atoms with van der Waals surface area (Å²) in [5, 5.41) is -0.0313. The molecule has 0 heterocycles. The summed E-state index contributed by atoms with van der Waals surface area (Å²) in [4.78, 5) is 0. The number of fused-ring (bicyclic) bond motifs is 1. The number of hydrogen-bond acceptors (Lipinski definition) is 0. The molecule has 0 fully saturated rings. The average molecular weight is 150 g/mol. The van der Waals surface area contributed by atoms with Gasteiger partial charge in [0, 0.05) is 0 Å². The van der Waals surface area contributed by atoms with Crippen LogP contribution in [0, 0.1) is 6.08 Å². The molecule has 49 valence electrons. The first kappa shape index (κ1) is 5.99. The summed E-state index contributed by atoms with van der Waals surface area (Å²) >= 11 is 5.90. The third-order valence-electron chi connectivity index (χ3n) is 1.65. The van der Waals surface area contributed by atoms with E-state index in [-0.39, 0.29) is 5.38 Å². The zero-order chi connectivity index (χ0) is 6.97. The van der Waals surface area contributed by atoms with Gasteiger partial charge in [-0.05, 0) is 23.3 Å². The van der Waals surface area contributed by atoms with Crippen LogP contribution in [0.25, 0.3) is 6.08 Å². The van der Waals surface area contributed by atoms with Crippen LogP contribution < -0.4 is 0 Å². The summed E-state index contributed by atoms with van der Waals surface area (Å²) in [6, 6.07) is 8.08. The molecule has 0 N–H and O–H groups in total. The van der Waals surface area contributed by atoms with Crippen molar-refractivity contribution >= 4 is 17.7 Å². The van der Waals surface area contributed by atoms with E-state index in [1.807, 2.05) is 30.3 Å². The van der Waals surface area contributed by atoms with Gasteiger partial charge in [0.1, 0.15) is 0 Å². The summed E-state index contributed by atoms with van der Waals surface area (Å²) in [7, 11) is 0. The van der Waals surface area contributed by atoms with Crippen molar-refractivity contribution in [1.29, 1.82) is 0 Å². The maximum absolute atomic E-state index is 5.90. The fraction of sp³-hybridized carbons (Fsp3) is 0.111. The van der Waals surface area contributed by atoms with Gasteiger partial charge in [-0.2, -0.15) is 0 Å². The second-order valence-electron chi connectivity index (χ2n) is 2.30. The van der Waals surface area contributed by atoms with Gasteiger partial charge in [-0.15, -0.1) is 11.6 Å². The van der Waals surface area contributed by atoms with Crippen LogP contribution >= 0.6 is 11.6 Å². The van der Waals surface area contributed by atoms with E-state index in [0.717, 1.165) is 0 Å². The van der Waals surface area contributed by atoms with Crippen LogP contribution in [-0.2, 0) is 0 Å². The Hall–Kier alpha value is -0.750. The molecule has 1 aromatic rings. The monoisotopic (exact) mass is 149 g/mol. The first-order valence-electron chi connectivity index (χ1n) is 3.20. The highest BCUT2D eigenvalue weighted by atomic mass is 35.5. The highest BCUT2D eigenvalue weighted by Crippen LogP contribution is 2.31. The maximum atomic E-state index is 5.90. The van der Waals surface area contributed by atoms with E-state index in [1.54, 1.807) is 0 Å². The smallest absolute Gasteiger partial charge is 0.0844 e. The van der Waals surface area contributed by atoms with E-state index < -0.39 is 0 Å². The Kier molecular flexibility index (Phi) is 1.28. The molecule has 0 nitrogen and oxygen atoms in total. The fourth-order valence-corrected chi connectivity index (χ4v) is 1.39. The van der Waals surface area contributed by atoms with Crippen molar-refractivity contribution in [3.8, 4) is 0 Å². The molecule has 10 heavy (non-hydrogen) atoms. The minimum atomic E-state index is -0.0313. The van der Waals surface area contributed by atoms with Crippen molar-refractivity contribution in [3.05, 3.63) is 41.5 Å². The summed E-state index contributed by atoms with van der Waals surface area (Å²) in [6.07, 6.45) is 4.96. The van der Waals surface area contributed by atoms with Crippen LogP contribution in [0.1, 0.15) is 16.5 Å². The van der Waals surface area contributed by atoms with Crippen molar-refractivity contribution in [2.45, 2.75) is 5.38 Å². The predicted molar refractivity (Wildman–Crippen MR) is 42.7 cm³/mol. The third-order valence-corrected chi connectivity index (χ3v) is 2.02. The molecule has 0 saturated heterocycles. The lowest BCUT2D eigenvalue weighted by Gasteiger charge is -1.99. The molecule has 0 aromatic heterocycles. The molecular formula is C9H6Cl. The summed E-state index contributed by atoms with van der Waals surface area (Å²) in [5.41, 5.74) is 2.37. The van der Waals surface area contributed by atoms with Gasteiger partial charge >= 0.3 is 0 Å². The molecule has 1 aromatic carbocycles. The van der Waals surface area contributed by atoms with Crippen molar-refractivity contribution in [1.82, 2.24) is 0 Å². The minimum absolute atomic E-state index is 0.0313. The van der Waals surface area contributed by atoms with Crippen LogP contribution in [-0.4, -0.2) is 0 Å². The van der Waals surface area contributed by atoms with Gasteiger partial charge in [0.05, 0.1) is 5.38 Å². The van der Waals surface area contributed by atoms with Crippen LogP contribution in [0.4, 0.5) is 0 Å². The third kappa shape index (κ3) is 0.764. The first-order valence-corrected chi connectivity index (χ1v) is 3.64. The van der Waals surface area contributed by atoms with E-state index in [0.29, 0.717) is 0 Å². The molecule has 0 saturated carbocycles. The highest BCUT2D eigenvalue weighted by molar-refractivity contribution is 6.22. The highest BCUT2D eigenvalue weighted by Gasteiger charge is 2.12. The second kappa shape index (κ2) is 2.14. The largest absolute Gasteiger partial charge is 0.113 e. The molecule has 1 radical (unpaired) electrons. The van der Waals surface area contributed by atoms with Gasteiger partial charge in [0.2, 0.25) is 0 Å². The zero-order valence-electron chi connectivity index (χ0n) is 5.34. The predicted octanol–water partition coefficient (Wildman–Crippen LogP) is 2.80. The van der Waals surface area contributed by atoms with E-state index in [4.69, 9.17) is 11.6 Å². The maximum Gasteiger partial charge on any atom is 0.0844 e. The Morgan fingerprint density at radius 2 is 2.10 bits per heavy atom. The average Bonchev–Trinajstić information content (AvgIpc) is 2.34. The number of halogens is 1. The SMILES string of the molecule is ClC1[C]=Cc2ccccc21. The van der Waals surface area contributed by atoms with E-state index in [1.165, 1.54) is 11.1 Å². The number of rotatable bonds is 0. The normalized spacial score (nSPS) is 21.1. The molecule has 0 bridgehead atoms. The lowest BCUT2D eigenvalue weighted by Crippen LogP contribution is -1.81. The molecule has 0 spiro atoms. The van der Waals surface area contributed by atoms with Crippen molar-refractivity contribution in [2.75, 3.05) is 0 Å². The van der Waals surface area contributed by atoms with Gasteiger partial charge < -0.3 is 0 Å². The number of hydrogen-bond donors (Lipinski definition) is 0. The molecule has 1 aliphatic carbocycles. The number of alkyl halides is 1. The van der Waals surface area contributed by atoms with E-state index in [9.17, 15) is 0 Å². The Labute approximate surface area is 65.1 Å². The Morgan fingerprint density at radius 3 is 2.90 bits per heavy atom. The lowest BCUT2D eigenvalue weighted by molar-refractivity contribution is 1.22. The molecule has 1 unspecified atom stereocenters. The minimum Gasteiger partial charge on any atom is -0.113 e. The van der Waals surface area contributed by atoms with Gasteiger partial charge in [0.25, 0.3) is 0 Å². The van der Waals surface area contributed by atoms with Crippen molar-refractivity contribution < 1.29 is 0 Å².